The average molecular weight is 546 g/mol. The second kappa shape index (κ2) is 10.9. The summed E-state index contributed by atoms with van der Waals surface area (Å²) in [4.78, 5) is 13.1. The molecule has 0 bridgehead atoms. The van der Waals surface area contributed by atoms with Gasteiger partial charge in [-0.2, -0.15) is 0 Å². The maximum absolute atomic E-state index is 14.6. The van der Waals surface area contributed by atoms with Crippen LogP contribution in [0.25, 0.3) is 0 Å². The van der Waals surface area contributed by atoms with Gasteiger partial charge in [-0.15, -0.1) is 0 Å². The molecule has 37 heavy (non-hydrogen) atoms. The number of benzene rings is 2. The lowest BCUT2D eigenvalue weighted by Crippen LogP contribution is -2.44. The van der Waals surface area contributed by atoms with Gasteiger partial charge < -0.3 is 15.1 Å². The molecule has 0 saturated carbocycles. The van der Waals surface area contributed by atoms with Crippen molar-refractivity contribution >= 4 is 38.8 Å². The lowest BCUT2D eigenvalue weighted by atomic mass is 10.1. The van der Waals surface area contributed by atoms with Crippen molar-refractivity contribution in [2.24, 2.45) is 0 Å². The Kier molecular flexibility index (Phi) is 8.06. The molecule has 4 rings (SSSR count). The number of nitrogens with zero attached hydrogens (tertiary/aromatic N) is 4. The number of likely N-dealkylation sites (N-methyl/N-ethyl adjacent to an activating group) is 1. The summed E-state index contributed by atoms with van der Waals surface area (Å²) in [6.45, 7) is 9.02. The minimum absolute atomic E-state index is 0.172. The summed E-state index contributed by atoms with van der Waals surface area (Å²) >= 11 is 6.29. The van der Waals surface area contributed by atoms with E-state index in [0.717, 1.165) is 43.8 Å². The smallest absolute Gasteiger partial charge is 0.227 e. The normalized spacial score (nSPS) is 15.1. The summed E-state index contributed by atoms with van der Waals surface area (Å²) in [5.74, 6) is -0.435. The second-order valence-corrected chi connectivity index (χ2v) is 13.6. The summed E-state index contributed by atoms with van der Waals surface area (Å²) in [6, 6.07) is 13.1. The summed E-state index contributed by atoms with van der Waals surface area (Å²) < 4.78 is 39.1. The van der Waals surface area contributed by atoms with Crippen molar-refractivity contribution in [1.29, 1.82) is 0 Å². The molecule has 3 aromatic rings. The highest BCUT2D eigenvalue weighted by molar-refractivity contribution is 7.91. The first kappa shape index (κ1) is 27.3. The van der Waals surface area contributed by atoms with Crippen molar-refractivity contribution in [3.05, 3.63) is 76.3 Å². The Bertz CT molecular complexity index is 1350. The Hall–Kier alpha value is -2.75. The van der Waals surface area contributed by atoms with E-state index in [1.54, 1.807) is 39.0 Å². The van der Waals surface area contributed by atoms with E-state index in [9.17, 15) is 12.8 Å². The number of aromatic nitrogens is 2. The first-order valence-electron chi connectivity index (χ1n) is 12.2. The molecule has 0 spiro atoms. The highest BCUT2D eigenvalue weighted by atomic mass is 35.5. The Morgan fingerprint density at radius 3 is 2.38 bits per heavy atom. The largest absolute Gasteiger partial charge is 0.369 e. The lowest BCUT2D eigenvalue weighted by molar-refractivity contribution is 0.313. The summed E-state index contributed by atoms with van der Waals surface area (Å²) in [6.07, 6.45) is 1.31. The molecule has 10 heteroatoms. The van der Waals surface area contributed by atoms with Crippen molar-refractivity contribution < 1.29 is 12.8 Å². The number of hydrogen-bond donors (Lipinski definition) is 1. The standard InChI is InChI=1S/C27H33ClFN5O2S/c1-27(2,3)37(35,36)18-20-15-19(5-10-23(20)28)16-25-24(29)17-30-26(32-25)31-21-6-8-22(9-7-21)34-13-11-33(4)12-14-34/h5-10,15,17H,11-14,16,18H2,1-4H3,(H,30,31,32). The number of nitrogens with one attached hydrogen (secondary N) is 1. The van der Waals surface area contributed by atoms with E-state index >= 15 is 0 Å². The van der Waals surface area contributed by atoms with Crippen molar-refractivity contribution in [1.82, 2.24) is 14.9 Å². The van der Waals surface area contributed by atoms with Gasteiger partial charge in [0.1, 0.15) is 0 Å². The molecule has 0 atom stereocenters. The molecular weight excluding hydrogens is 513 g/mol. The molecule has 1 saturated heterocycles. The molecule has 1 N–H and O–H groups in total. The van der Waals surface area contributed by atoms with E-state index in [0.29, 0.717) is 16.1 Å². The van der Waals surface area contributed by atoms with Crippen LogP contribution in [0.2, 0.25) is 5.02 Å². The third-order valence-electron chi connectivity index (χ3n) is 6.57. The minimum Gasteiger partial charge on any atom is -0.369 e. The molecule has 198 valence electrons. The summed E-state index contributed by atoms with van der Waals surface area (Å²) in [7, 11) is -1.29. The van der Waals surface area contributed by atoms with Crippen LogP contribution in [0.1, 0.15) is 37.6 Å². The molecule has 0 aliphatic carbocycles. The van der Waals surface area contributed by atoms with E-state index in [2.05, 4.69) is 44.3 Å². The van der Waals surface area contributed by atoms with Crippen molar-refractivity contribution in [2.75, 3.05) is 43.4 Å². The molecule has 0 unspecified atom stereocenters. The maximum Gasteiger partial charge on any atom is 0.227 e. The van der Waals surface area contributed by atoms with Gasteiger partial charge in [0.2, 0.25) is 5.95 Å². The van der Waals surface area contributed by atoms with Gasteiger partial charge in [-0.1, -0.05) is 23.7 Å². The Morgan fingerprint density at radius 1 is 1.05 bits per heavy atom. The summed E-state index contributed by atoms with van der Waals surface area (Å²) in [5, 5.41) is 3.51. The topological polar surface area (TPSA) is 78.4 Å². The zero-order valence-electron chi connectivity index (χ0n) is 21.6. The molecular formula is C27H33ClFN5O2S. The zero-order valence-corrected chi connectivity index (χ0v) is 23.2. The number of halogens is 2. The lowest BCUT2D eigenvalue weighted by Gasteiger charge is -2.34. The van der Waals surface area contributed by atoms with Crippen molar-refractivity contribution in [3.63, 3.8) is 0 Å². The molecule has 0 radical (unpaired) electrons. The maximum atomic E-state index is 14.6. The van der Waals surface area contributed by atoms with Gasteiger partial charge in [-0.05, 0) is 69.3 Å². The monoisotopic (exact) mass is 545 g/mol. The van der Waals surface area contributed by atoms with Crippen LogP contribution in [0.5, 0.6) is 0 Å². The summed E-state index contributed by atoms with van der Waals surface area (Å²) in [5.41, 5.74) is 3.37. The van der Waals surface area contributed by atoms with Crippen molar-refractivity contribution in [2.45, 2.75) is 37.7 Å². The van der Waals surface area contributed by atoms with Gasteiger partial charge in [-0.25, -0.2) is 22.8 Å². The zero-order chi connectivity index (χ0) is 26.8. The number of sulfone groups is 1. The molecule has 2 heterocycles. The third kappa shape index (κ3) is 6.77. The molecule has 1 fully saturated rings. The first-order valence-corrected chi connectivity index (χ1v) is 14.3. The Labute approximate surface area is 223 Å². The predicted octanol–water partition coefficient (Wildman–Crippen LogP) is 5.07. The van der Waals surface area contributed by atoms with Gasteiger partial charge in [0.25, 0.3) is 0 Å². The number of rotatable bonds is 7. The fourth-order valence-corrected chi connectivity index (χ4v) is 5.34. The highest BCUT2D eigenvalue weighted by Crippen LogP contribution is 2.27. The molecule has 2 aromatic carbocycles. The number of hydrogen-bond acceptors (Lipinski definition) is 7. The van der Waals surface area contributed by atoms with Crippen LogP contribution in [0.15, 0.2) is 48.7 Å². The molecule has 1 aliphatic heterocycles. The van der Waals surface area contributed by atoms with Gasteiger partial charge in [0.15, 0.2) is 15.7 Å². The van der Waals surface area contributed by atoms with Crippen LogP contribution in [0.4, 0.5) is 21.7 Å². The Morgan fingerprint density at radius 2 is 1.73 bits per heavy atom. The van der Waals surface area contributed by atoms with Gasteiger partial charge in [0, 0.05) is 49.0 Å². The average Bonchev–Trinajstić information content (AvgIpc) is 2.83. The minimum atomic E-state index is -3.42. The van der Waals surface area contributed by atoms with E-state index < -0.39 is 20.4 Å². The van der Waals surface area contributed by atoms with E-state index in [1.165, 1.54) is 0 Å². The number of piperazine rings is 1. The van der Waals surface area contributed by atoms with Crippen LogP contribution < -0.4 is 10.2 Å². The Balaban J connectivity index is 1.48. The molecule has 7 nitrogen and oxygen atoms in total. The fraction of sp³-hybridized carbons (Fsp3) is 0.407. The highest BCUT2D eigenvalue weighted by Gasteiger charge is 2.29. The third-order valence-corrected chi connectivity index (χ3v) is 9.49. The SMILES string of the molecule is CN1CCN(c2ccc(Nc3ncc(F)c(Cc4ccc(Cl)c(CS(=O)(=O)C(C)(C)C)c4)n3)cc2)CC1. The van der Waals surface area contributed by atoms with Crippen molar-refractivity contribution in [3.8, 4) is 0 Å². The van der Waals surface area contributed by atoms with Gasteiger partial charge in [-0.3, -0.25) is 0 Å². The van der Waals surface area contributed by atoms with Crippen LogP contribution in [0.3, 0.4) is 0 Å². The number of anilines is 3. The molecule has 1 aliphatic rings. The fourth-order valence-electron chi connectivity index (χ4n) is 4.00. The quantitative estimate of drug-likeness (QED) is 0.444. The first-order chi connectivity index (χ1) is 17.4. The van der Waals surface area contributed by atoms with Crippen LogP contribution >= 0.6 is 11.6 Å². The second-order valence-electron chi connectivity index (χ2n) is 10.4. The van der Waals surface area contributed by atoms with Crippen LogP contribution in [-0.2, 0) is 22.0 Å². The van der Waals surface area contributed by atoms with Crippen LogP contribution in [0, 0.1) is 5.82 Å². The van der Waals surface area contributed by atoms with Crippen LogP contribution in [-0.4, -0.2) is 61.3 Å². The van der Waals surface area contributed by atoms with Gasteiger partial charge >= 0.3 is 0 Å². The molecule has 0 amide bonds. The predicted molar refractivity (Wildman–Crippen MR) is 148 cm³/mol. The van der Waals surface area contributed by atoms with E-state index in [-0.39, 0.29) is 23.8 Å². The van der Waals surface area contributed by atoms with Gasteiger partial charge in [0.05, 0.1) is 22.4 Å². The van der Waals surface area contributed by atoms with E-state index in [1.807, 2.05) is 12.1 Å². The van der Waals surface area contributed by atoms with E-state index in [4.69, 9.17) is 11.6 Å². The molecule has 1 aromatic heterocycles.